The van der Waals surface area contributed by atoms with Gasteiger partial charge in [-0.25, -0.2) is 13.2 Å². The van der Waals surface area contributed by atoms with Crippen molar-refractivity contribution in [1.82, 2.24) is 4.31 Å². The Hall–Kier alpha value is -2.91. The van der Waals surface area contributed by atoms with Crippen molar-refractivity contribution in [3.05, 3.63) is 54.1 Å². The van der Waals surface area contributed by atoms with Crippen LogP contribution in [0.3, 0.4) is 0 Å². The summed E-state index contributed by atoms with van der Waals surface area (Å²) in [5.74, 6) is -1.32. The van der Waals surface area contributed by atoms with Crippen LogP contribution in [-0.4, -0.2) is 49.4 Å². The molecule has 0 bridgehead atoms. The number of carbonyl (C=O) groups is 2. The Bertz CT molecular complexity index is 955. The fourth-order valence-corrected chi connectivity index (χ4v) is 3.60. The number of aromatic hydroxyl groups is 1. The van der Waals surface area contributed by atoms with E-state index in [0.717, 1.165) is 0 Å². The third kappa shape index (κ3) is 5.30. The second-order valence-electron chi connectivity index (χ2n) is 6.31. The molecule has 9 heteroatoms. The number of hydrogen-bond donors (Lipinski definition) is 2. The van der Waals surface area contributed by atoms with Gasteiger partial charge in [0, 0.05) is 18.8 Å². The molecule has 8 nitrogen and oxygen atoms in total. The highest BCUT2D eigenvalue weighted by Crippen LogP contribution is 2.18. The number of esters is 1. The second-order valence-corrected chi connectivity index (χ2v) is 8.31. The van der Waals surface area contributed by atoms with Gasteiger partial charge in [-0.15, -0.1) is 0 Å². The third-order valence-electron chi connectivity index (χ3n) is 3.96. The van der Waals surface area contributed by atoms with Crippen LogP contribution in [0.2, 0.25) is 0 Å². The zero-order valence-electron chi connectivity index (χ0n) is 15.7. The molecule has 1 amide bonds. The Morgan fingerprint density at radius 1 is 1.14 bits per heavy atom. The molecule has 0 aliphatic carbocycles. The Balaban J connectivity index is 2.03. The van der Waals surface area contributed by atoms with Crippen molar-refractivity contribution in [2.24, 2.45) is 0 Å². The Labute approximate surface area is 163 Å². The summed E-state index contributed by atoms with van der Waals surface area (Å²) in [6, 6.07) is 11.0. The highest BCUT2D eigenvalue weighted by atomic mass is 32.2. The van der Waals surface area contributed by atoms with Gasteiger partial charge in [0.05, 0.1) is 10.5 Å². The number of ether oxygens (including phenoxy) is 1. The van der Waals surface area contributed by atoms with Crippen LogP contribution in [0.25, 0.3) is 0 Å². The highest BCUT2D eigenvalue weighted by Gasteiger charge is 2.24. The van der Waals surface area contributed by atoms with Gasteiger partial charge in [-0.3, -0.25) is 4.79 Å². The van der Waals surface area contributed by atoms with Crippen LogP contribution < -0.4 is 5.32 Å². The maximum atomic E-state index is 12.5. The quantitative estimate of drug-likeness (QED) is 0.538. The average Bonchev–Trinajstić information content (AvgIpc) is 2.67. The molecule has 0 saturated heterocycles. The molecule has 150 valence electrons. The first-order valence-electron chi connectivity index (χ1n) is 8.45. The zero-order valence-corrected chi connectivity index (χ0v) is 16.6. The van der Waals surface area contributed by atoms with Crippen molar-refractivity contribution in [2.45, 2.75) is 24.8 Å². The fraction of sp³-hybridized carbons (Fsp3) is 0.263. The van der Waals surface area contributed by atoms with Crippen LogP contribution >= 0.6 is 0 Å². The smallest absolute Gasteiger partial charge is 0.338 e. The van der Waals surface area contributed by atoms with E-state index in [2.05, 4.69) is 5.32 Å². The number of hydrogen-bond acceptors (Lipinski definition) is 6. The highest BCUT2D eigenvalue weighted by molar-refractivity contribution is 7.89. The van der Waals surface area contributed by atoms with Gasteiger partial charge in [0.1, 0.15) is 5.75 Å². The topological polar surface area (TPSA) is 113 Å². The average molecular weight is 406 g/mol. The maximum Gasteiger partial charge on any atom is 0.338 e. The Morgan fingerprint density at radius 3 is 2.39 bits per heavy atom. The molecule has 0 aromatic heterocycles. The lowest BCUT2D eigenvalue weighted by atomic mass is 10.2. The molecule has 2 N–H and O–H groups in total. The van der Waals surface area contributed by atoms with E-state index in [0.29, 0.717) is 5.69 Å². The minimum atomic E-state index is -3.74. The number of phenols is 1. The van der Waals surface area contributed by atoms with Crippen molar-refractivity contribution >= 4 is 27.6 Å². The lowest BCUT2D eigenvalue weighted by Gasteiger charge is -2.21. The summed E-state index contributed by atoms with van der Waals surface area (Å²) in [5, 5.41) is 11.7. The van der Waals surface area contributed by atoms with E-state index in [4.69, 9.17) is 4.74 Å². The number of phenolic OH excluding ortho intramolecular Hbond substituents is 1. The molecular weight excluding hydrogens is 384 g/mol. The van der Waals surface area contributed by atoms with E-state index < -0.39 is 28.5 Å². The summed E-state index contributed by atoms with van der Waals surface area (Å²) < 4.78 is 31.2. The molecule has 0 unspecified atom stereocenters. The summed E-state index contributed by atoms with van der Waals surface area (Å²) in [7, 11) is -2.29. The predicted octanol–water partition coefficient (Wildman–Crippen LogP) is 2.22. The number of rotatable bonds is 7. The lowest BCUT2D eigenvalue weighted by Crippen LogP contribution is -2.33. The Morgan fingerprint density at radius 2 is 1.79 bits per heavy atom. The minimum Gasteiger partial charge on any atom is -0.508 e. The maximum absolute atomic E-state index is 12.5. The summed E-state index contributed by atoms with van der Waals surface area (Å²) in [5.41, 5.74) is 0.458. The molecule has 0 saturated carbocycles. The van der Waals surface area contributed by atoms with Crippen LogP contribution in [-0.2, 0) is 19.6 Å². The number of benzene rings is 2. The lowest BCUT2D eigenvalue weighted by molar-refractivity contribution is -0.119. The summed E-state index contributed by atoms with van der Waals surface area (Å²) in [6.07, 6.45) is 0. The molecule has 2 aromatic carbocycles. The van der Waals surface area contributed by atoms with Crippen molar-refractivity contribution in [3.63, 3.8) is 0 Å². The van der Waals surface area contributed by atoms with Crippen molar-refractivity contribution in [1.29, 1.82) is 0 Å². The second kappa shape index (κ2) is 8.85. The Kier molecular flexibility index (Phi) is 6.76. The van der Waals surface area contributed by atoms with Gasteiger partial charge in [0.2, 0.25) is 10.0 Å². The normalized spacial score (nSPS) is 11.5. The van der Waals surface area contributed by atoms with Gasteiger partial charge in [0.25, 0.3) is 5.91 Å². The van der Waals surface area contributed by atoms with Crippen molar-refractivity contribution < 1.29 is 27.9 Å². The van der Waals surface area contributed by atoms with Gasteiger partial charge >= 0.3 is 5.97 Å². The molecule has 0 aliphatic heterocycles. The first-order valence-corrected chi connectivity index (χ1v) is 9.89. The van der Waals surface area contributed by atoms with Crippen molar-refractivity contribution in [3.8, 4) is 5.75 Å². The predicted molar refractivity (Wildman–Crippen MR) is 104 cm³/mol. The molecule has 2 aromatic rings. The third-order valence-corrected chi connectivity index (χ3v) is 5.99. The molecule has 0 fully saturated rings. The largest absolute Gasteiger partial charge is 0.508 e. The van der Waals surface area contributed by atoms with Gasteiger partial charge in [-0.05, 0) is 56.3 Å². The van der Waals surface area contributed by atoms with Gasteiger partial charge < -0.3 is 15.2 Å². The van der Waals surface area contributed by atoms with Gasteiger partial charge in [0.15, 0.2) is 6.61 Å². The fourth-order valence-electron chi connectivity index (χ4n) is 2.18. The summed E-state index contributed by atoms with van der Waals surface area (Å²) >= 11 is 0. The minimum absolute atomic E-state index is 0.0238. The van der Waals surface area contributed by atoms with E-state index >= 15 is 0 Å². The molecule has 0 heterocycles. The van der Waals surface area contributed by atoms with Crippen LogP contribution in [0.4, 0.5) is 5.69 Å². The monoisotopic (exact) mass is 406 g/mol. The number of nitrogens with one attached hydrogen (secondary N) is 1. The van der Waals surface area contributed by atoms with Crippen LogP contribution in [0.15, 0.2) is 53.4 Å². The molecule has 0 atom stereocenters. The van der Waals surface area contributed by atoms with Crippen LogP contribution in [0.5, 0.6) is 5.75 Å². The zero-order chi connectivity index (χ0) is 20.9. The number of sulfonamides is 1. The van der Waals surface area contributed by atoms with Crippen molar-refractivity contribution in [2.75, 3.05) is 19.0 Å². The first kappa shape index (κ1) is 21.4. The van der Waals surface area contributed by atoms with E-state index in [1.54, 1.807) is 13.8 Å². The van der Waals surface area contributed by atoms with Crippen LogP contribution in [0, 0.1) is 0 Å². The SMILES string of the molecule is CC(C)N(C)S(=O)(=O)c1cccc(C(=O)OCC(=O)Nc2ccc(O)cc2)c1. The molecule has 0 aliphatic rings. The van der Waals surface area contributed by atoms with E-state index in [9.17, 15) is 23.1 Å². The van der Waals surface area contributed by atoms with Gasteiger partial charge in [-0.2, -0.15) is 4.31 Å². The standard InChI is InChI=1S/C19H22N2O6S/c1-13(2)21(3)28(25,26)17-6-4-5-14(11-17)19(24)27-12-18(23)20-15-7-9-16(22)10-8-15/h4-11,13,22H,12H2,1-3H3,(H,20,23). The van der Waals surface area contributed by atoms with Crippen LogP contribution in [0.1, 0.15) is 24.2 Å². The molecule has 2 rings (SSSR count). The van der Waals surface area contributed by atoms with E-state index in [-0.39, 0.29) is 22.3 Å². The van der Waals surface area contributed by atoms with E-state index in [1.807, 2.05) is 0 Å². The molecule has 0 spiro atoms. The summed E-state index contributed by atoms with van der Waals surface area (Å²) in [4.78, 5) is 24.0. The first-order chi connectivity index (χ1) is 13.1. The molecule has 0 radical (unpaired) electrons. The molecule has 28 heavy (non-hydrogen) atoms. The van der Waals surface area contributed by atoms with Gasteiger partial charge in [-0.1, -0.05) is 6.07 Å². The van der Waals surface area contributed by atoms with E-state index in [1.165, 1.54) is 59.9 Å². The number of carbonyl (C=O) groups excluding carboxylic acids is 2. The number of anilines is 1. The number of amides is 1. The molecular formula is C19H22N2O6S. The summed E-state index contributed by atoms with van der Waals surface area (Å²) in [6.45, 7) is 2.94. The number of nitrogens with zero attached hydrogens (tertiary/aromatic N) is 1.